The van der Waals surface area contributed by atoms with E-state index < -0.39 is 4.92 Å². The Kier molecular flexibility index (Phi) is 2.89. The summed E-state index contributed by atoms with van der Waals surface area (Å²) < 4.78 is 0. The van der Waals surface area contributed by atoms with E-state index in [0.717, 1.165) is 17.8 Å². The number of nitrogens with zero attached hydrogens (tertiary/aromatic N) is 2. The maximum atomic E-state index is 11.0. The Hall–Kier alpha value is -1.36. The molecule has 1 N–H and O–H groups in total. The topological polar surface area (TPSA) is 68.1 Å². The van der Waals surface area contributed by atoms with E-state index in [1.165, 1.54) is 50.7 Å². The van der Waals surface area contributed by atoms with Crippen molar-refractivity contribution in [3.63, 3.8) is 0 Å². The summed E-state index contributed by atoms with van der Waals surface area (Å²) >= 11 is 5.92. The molecule has 4 bridgehead atoms. The number of anilines is 1. The van der Waals surface area contributed by atoms with Crippen molar-refractivity contribution in [2.45, 2.75) is 44.1 Å². The number of nitro groups is 1. The van der Waals surface area contributed by atoms with Gasteiger partial charge in [0.05, 0.1) is 17.1 Å². The summed E-state index contributed by atoms with van der Waals surface area (Å²) in [5.74, 6) is 3.00. The van der Waals surface area contributed by atoms with Gasteiger partial charge >= 0.3 is 0 Å². The number of rotatable bonds is 3. The minimum atomic E-state index is -0.418. The molecule has 0 unspecified atom stereocenters. The molecule has 0 amide bonds. The summed E-state index contributed by atoms with van der Waals surface area (Å²) in [4.78, 5) is 14.8. The third-order valence-corrected chi connectivity index (χ3v) is 5.61. The quantitative estimate of drug-likeness (QED) is 0.520. The van der Waals surface area contributed by atoms with Gasteiger partial charge in [-0.3, -0.25) is 10.1 Å². The Balaban J connectivity index is 1.62. The predicted molar refractivity (Wildman–Crippen MR) is 80.4 cm³/mol. The van der Waals surface area contributed by atoms with E-state index in [0.29, 0.717) is 5.82 Å². The van der Waals surface area contributed by atoms with E-state index in [1.807, 2.05) is 0 Å². The van der Waals surface area contributed by atoms with E-state index >= 15 is 0 Å². The molecule has 0 atom stereocenters. The third kappa shape index (κ3) is 2.37. The Labute approximate surface area is 128 Å². The molecule has 0 aliphatic heterocycles. The molecule has 0 aromatic carbocycles. The van der Waals surface area contributed by atoms with Gasteiger partial charge in [-0.2, -0.15) is 0 Å². The summed E-state index contributed by atoms with van der Waals surface area (Å²) in [6.45, 7) is 0. The third-order valence-electron chi connectivity index (χ3n) is 5.42. The smallest absolute Gasteiger partial charge is 0.276 e. The van der Waals surface area contributed by atoms with Crippen molar-refractivity contribution >= 4 is 23.1 Å². The molecule has 1 aromatic heterocycles. The number of nitrogens with one attached hydrogen (secondary N) is 1. The van der Waals surface area contributed by atoms with Crippen LogP contribution in [0.4, 0.5) is 11.5 Å². The van der Waals surface area contributed by atoms with Crippen molar-refractivity contribution in [3.05, 3.63) is 27.4 Å². The minimum Gasteiger partial charge on any atom is -0.364 e. The Bertz CT molecular complexity index is 569. The summed E-state index contributed by atoms with van der Waals surface area (Å²) in [7, 11) is 0. The van der Waals surface area contributed by atoms with E-state index in [4.69, 9.17) is 11.6 Å². The van der Waals surface area contributed by atoms with Crippen LogP contribution in [-0.2, 0) is 0 Å². The summed E-state index contributed by atoms with van der Waals surface area (Å²) in [5.41, 5.74) is 0.0857. The van der Waals surface area contributed by atoms with Crippen LogP contribution >= 0.6 is 11.6 Å². The molecule has 4 aliphatic rings. The maximum absolute atomic E-state index is 11.0. The Morgan fingerprint density at radius 1 is 1.19 bits per heavy atom. The van der Waals surface area contributed by atoms with Crippen LogP contribution in [0.3, 0.4) is 0 Å². The van der Waals surface area contributed by atoms with Gasteiger partial charge < -0.3 is 5.32 Å². The lowest BCUT2D eigenvalue weighted by Gasteiger charge is -2.57. The standard InChI is InChI=1S/C15H18ClN3O2/c16-13-4-12(19(20)21)5-14(17-13)18-15-6-9-1-10(7-15)3-11(2-9)8-15/h4-5,9-11H,1-3,6-8H2,(H,17,18). The highest BCUT2D eigenvalue weighted by atomic mass is 35.5. The first-order valence-electron chi connectivity index (χ1n) is 7.61. The van der Waals surface area contributed by atoms with Gasteiger partial charge in [0, 0.05) is 5.54 Å². The van der Waals surface area contributed by atoms with Crippen LogP contribution < -0.4 is 5.32 Å². The van der Waals surface area contributed by atoms with Crippen molar-refractivity contribution in [2.24, 2.45) is 17.8 Å². The molecule has 21 heavy (non-hydrogen) atoms. The molecule has 0 spiro atoms. The lowest BCUT2D eigenvalue weighted by Crippen LogP contribution is -2.54. The first-order chi connectivity index (χ1) is 10.0. The monoisotopic (exact) mass is 307 g/mol. The number of halogens is 1. The van der Waals surface area contributed by atoms with E-state index in [9.17, 15) is 10.1 Å². The zero-order valence-corrected chi connectivity index (χ0v) is 12.5. The van der Waals surface area contributed by atoms with Gasteiger partial charge in [0.1, 0.15) is 11.0 Å². The summed E-state index contributed by atoms with van der Waals surface area (Å²) in [6, 6.07) is 2.80. The van der Waals surface area contributed by atoms with E-state index in [1.54, 1.807) is 0 Å². The largest absolute Gasteiger partial charge is 0.364 e. The molecule has 0 radical (unpaired) electrons. The molecule has 1 heterocycles. The molecule has 4 saturated carbocycles. The van der Waals surface area contributed by atoms with Gasteiger partial charge in [-0.15, -0.1) is 0 Å². The van der Waals surface area contributed by atoms with Crippen LogP contribution in [0.15, 0.2) is 12.1 Å². The average molecular weight is 308 g/mol. The highest BCUT2D eigenvalue weighted by molar-refractivity contribution is 6.29. The van der Waals surface area contributed by atoms with Crippen LogP contribution in [0, 0.1) is 27.9 Å². The fourth-order valence-electron chi connectivity index (χ4n) is 5.19. The van der Waals surface area contributed by atoms with Crippen molar-refractivity contribution in [1.82, 2.24) is 4.98 Å². The summed E-state index contributed by atoms with van der Waals surface area (Å²) in [6.07, 6.45) is 7.60. The van der Waals surface area contributed by atoms with Crippen LogP contribution in [0.5, 0.6) is 0 Å². The lowest BCUT2D eigenvalue weighted by molar-refractivity contribution is -0.384. The van der Waals surface area contributed by atoms with Gasteiger partial charge in [-0.05, 0) is 56.3 Å². The predicted octanol–water partition coefficient (Wildman–Crippen LogP) is 4.02. The fourth-order valence-corrected chi connectivity index (χ4v) is 5.39. The molecule has 112 valence electrons. The van der Waals surface area contributed by atoms with Gasteiger partial charge in [-0.25, -0.2) is 4.98 Å². The van der Waals surface area contributed by atoms with Gasteiger partial charge in [-0.1, -0.05) is 11.6 Å². The van der Waals surface area contributed by atoms with Crippen molar-refractivity contribution < 1.29 is 4.92 Å². The highest BCUT2D eigenvalue weighted by Crippen LogP contribution is 2.56. The molecule has 5 nitrogen and oxygen atoms in total. The second kappa shape index (κ2) is 4.57. The number of hydrogen-bond donors (Lipinski definition) is 1. The zero-order valence-electron chi connectivity index (χ0n) is 11.7. The lowest BCUT2D eigenvalue weighted by atomic mass is 9.53. The second-order valence-electron chi connectivity index (χ2n) is 7.11. The maximum Gasteiger partial charge on any atom is 0.276 e. The van der Waals surface area contributed by atoms with Crippen molar-refractivity contribution in [3.8, 4) is 0 Å². The van der Waals surface area contributed by atoms with E-state index in [2.05, 4.69) is 10.3 Å². The SMILES string of the molecule is O=[N+]([O-])c1cc(Cl)nc(NC23CC4CC(CC(C4)C2)C3)c1. The Morgan fingerprint density at radius 3 is 2.29 bits per heavy atom. The molecule has 0 saturated heterocycles. The molecule has 4 fully saturated rings. The fraction of sp³-hybridized carbons (Fsp3) is 0.667. The van der Waals surface area contributed by atoms with E-state index in [-0.39, 0.29) is 16.4 Å². The molecular weight excluding hydrogens is 290 g/mol. The minimum absolute atomic E-state index is 0.00206. The molecule has 6 heteroatoms. The van der Waals surface area contributed by atoms with Crippen molar-refractivity contribution in [1.29, 1.82) is 0 Å². The van der Waals surface area contributed by atoms with Crippen LogP contribution in [0.25, 0.3) is 0 Å². The van der Waals surface area contributed by atoms with Gasteiger partial charge in [0.25, 0.3) is 5.69 Å². The van der Waals surface area contributed by atoms with Gasteiger partial charge in [0.15, 0.2) is 0 Å². The Morgan fingerprint density at radius 2 is 1.76 bits per heavy atom. The molecular formula is C15H18ClN3O2. The average Bonchev–Trinajstić information content (AvgIpc) is 2.35. The normalized spacial score (nSPS) is 36.7. The number of hydrogen-bond acceptors (Lipinski definition) is 4. The van der Waals surface area contributed by atoms with Crippen LogP contribution in [0.2, 0.25) is 5.15 Å². The first-order valence-corrected chi connectivity index (χ1v) is 7.99. The first kappa shape index (κ1) is 13.3. The molecule has 1 aromatic rings. The zero-order chi connectivity index (χ0) is 14.6. The van der Waals surface area contributed by atoms with Gasteiger partial charge in [0.2, 0.25) is 0 Å². The van der Waals surface area contributed by atoms with Crippen LogP contribution in [-0.4, -0.2) is 15.4 Å². The number of pyridine rings is 1. The number of aromatic nitrogens is 1. The molecule has 5 rings (SSSR count). The molecule has 4 aliphatic carbocycles. The summed E-state index contributed by atoms with van der Waals surface area (Å²) in [5, 5.41) is 14.7. The second-order valence-corrected chi connectivity index (χ2v) is 7.50. The van der Waals surface area contributed by atoms with Crippen molar-refractivity contribution in [2.75, 3.05) is 5.32 Å². The highest BCUT2D eigenvalue weighted by Gasteiger charge is 2.51. The van der Waals surface area contributed by atoms with Crippen LogP contribution in [0.1, 0.15) is 38.5 Å².